The lowest BCUT2D eigenvalue weighted by molar-refractivity contribution is -0.384. The first-order valence-electron chi connectivity index (χ1n) is 6.42. The highest BCUT2D eigenvalue weighted by Gasteiger charge is 2.10. The Bertz CT molecular complexity index is 679. The molecule has 0 saturated heterocycles. The van der Waals surface area contributed by atoms with Gasteiger partial charge in [-0.3, -0.25) is 15.5 Å². The lowest BCUT2D eigenvalue weighted by Gasteiger charge is -2.01. The third kappa shape index (κ3) is 4.28. The molecule has 0 aliphatic carbocycles. The number of nitrogens with one attached hydrogen (secondary N) is 1. The van der Waals surface area contributed by atoms with Crippen LogP contribution in [0.5, 0.6) is 0 Å². The van der Waals surface area contributed by atoms with Gasteiger partial charge in [-0.05, 0) is 24.1 Å². The number of benzene rings is 2. The molecule has 2 aromatic rings. The average Bonchev–Trinajstić information content (AvgIpc) is 2.48. The van der Waals surface area contributed by atoms with E-state index in [1.54, 1.807) is 24.4 Å². The van der Waals surface area contributed by atoms with Crippen molar-refractivity contribution in [2.24, 2.45) is 5.10 Å². The van der Waals surface area contributed by atoms with Gasteiger partial charge in [-0.15, -0.1) is 0 Å². The second-order valence-electron chi connectivity index (χ2n) is 4.44. The summed E-state index contributed by atoms with van der Waals surface area (Å²) < 4.78 is 0. The van der Waals surface area contributed by atoms with Gasteiger partial charge >= 0.3 is 0 Å². The maximum atomic E-state index is 10.9. The zero-order valence-electron chi connectivity index (χ0n) is 11.6. The molecule has 106 valence electrons. The molecular formula is C16H15N3O2. The first-order valence-corrected chi connectivity index (χ1v) is 6.42. The highest BCUT2D eigenvalue weighted by Crippen LogP contribution is 2.22. The van der Waals surface area contributed by atoms with E-state index in [1.807, 2.05) is 43.3 Å². The number of nitrogens with zero attached hydrogens (tertiary/aromatic N) is 2. The number of hydrogen-bond donors (Lipinski definition) is 1. The predicted molar refractivity (Wildman–Crippen MR) is 85.3 cm³/mol. The fourth-order valence-corrected chi connectivity index (χ4v) is 1.78. The Morgan fingerprint density at radius 1 is 1.14 bits per heavy atom. The van der Waals surface area contributed by atoms with Crippen molar-refractivity contribution in [2.45, 2.75) is 6.92 Å². The molecule has 0 atom stereocenters. The summed E-state index contributed by atoms with van der Waals surface area (Å²) in [4.78, 5) is 10.4. The van der Waals surface area contributed by atoms with E-state index in [-0.39, 0.29) is 5.69 Å². The fourth-order valence-electron chi connectivity index (χ4n) is 1.78. The first-order chi connectivity index (χ1) is 10.2. The molecule has 0 radical (unpaired) electrons. The number of nitro benzene ring substituents is 1. The standard InChI is InChI=1S/C16H15N3O2/c1-13(11-14-7-3-2-4-8-14)12-17-18-15-9-5-6-10-16(15)19(20)21/h2-12,18H,1H3. The molecule has 2 rings (SSSR count). The van der Waals surface area contributed by atoms with Gasteiger partial charge in [0.1, 0.15) is 5.69 Å². The van der Waals surface area contributed by atoms with Crippen LogP contribution in [0.4, 0.5) is 11.4 Å². The van der Waals surface area contributed by atoms with Gasteiger partial charge < -0.3 is 0 Å². The Hall–Kier alpha value is -2.95. The lowest BCUT2D eigenvalue weighted by atomic mass is 10.1. The van der Waals surface area contributed by atoms with Crippen LogP contribution in [0.3, 0.4) is 0 Å². The van der Waals surface area contributed by atoms with E-state index in [4.69, 9.17) is 0 Å². The van der Waals surface area contributed by atoms with Crippen molar-refractivity contribution in [1.29, 1.82) is 0 Å². The van der Waals surface area contributed by atoms with Crippen molar-refractivity contribution in [2.75, 3.05) is 5.43 Å². The monoisotopic (exact) mass is 281 g/mol. The second kappa shape index (κ2) is 7.00. The summed E-state index contributed by atoms with van der Waals surface area (Å²) in [6.45, 7) is 1.91. The number of hydrazone groups is 1. The van der Waals surface area contributed by atoms with Gasteiger partial charge in [0.25, 0.3) is 5.69 Å². The highest BCUT2D eigenvalue weighted by molar-refractivity contribution is 5.85. The summed E-state index contributed by atoms with van der Waals surface area (Å²) in [6.07, 6.45) is 3.61. The summed E-state index contributed by atoms with van der Waals surface area (Å²) in [7, 11) is 0. The van der Waals surface area contributed by atoms with Gasteiger partial charge in [-0.25, -0.2) is 0 Å². The third-order valence-electron chi connectivity index (χ3n) is 2.75. The van der Waals surface area contributed by atoms with E-state index >= 15 is 0 Å². The molecule has 0 saturated carbocycles. The molecule has 5 heteroatoms. The normalized spacial score (nSPS) is 11.6. The number of anilines is 1. The maximum absolute atomic E-state index is 10.9. The molecule has 0 fully saturated rings. The number of para-hydroxylation sites is 2. The summed E-state index contributed by atoms with van der Waals surface area (Å²) >= 11 is 0. The Balaban J connectivity index is 2.06. The number of nitro groups is 1. The van der Waals surface area contributed by atoms with Gasteiger partial charge in [0.15, 0.2) is 0 Å². The Morgan fingerprint density at radius 3 is 2.52 bits per heavy atom. The predicted octanol–water partition coefficient (Wildman–Crippen LogP) is 4.10. The van der Waals surface area contributed by atoms with Crippen LogP contribution in [-0.2, 0) is 0 Å². The van der Waals surface area contributed by atoms with Crippen molar-refractivity contribution in [3.8, 4) is 0 Å². The molecule has 0 unspecified atom stereocenters. The second-order valence-corrected chi connectivity index (χ2v) is 4.44. The van der Waals surface area contributed by atoms with E-state index in [9.17, 15) is 10.1 Å². The van der Waals surface area contributed by atoms with Crippen molar-refractivity contribution in [3.63, 3.8) is 0 Å². The molecule has 0 aliphatic rings. The minimum absolute atomic E-state index is 0.000609. The van der Waals surface area contributed by atoms with Crippen LogP contribution in [0.15, 0.2) is 65.3 Å². The summed E-state index contributed by atoms with van der Waals surface area (Å²) in [6, 6.07) is 16.3. The minimum atomic E-state index is -0.440. The molecule has 0 spiro atoms. The van der Waals surface area contributed by atoms with Gasteiger partial charge in [0.05, 0.1) is 11.1 Å². The van der Waals surface area contributed by atoms with Crippen molar-refractivity contribution < 1.29 is 4.92 Å². The van der Waals surface area contributed by atoms with Crippen LogP contribution in [0.25, 0.3) is 6.08 Å². The average molecular weight is 281 g/mol. The molecule has 0 aromatic heterocycles. The molecule has 21 heavy (non-hydrogen) atoms. The van der Waals surface area contributed by atoms with E-state index in [1.165, 1.54) is 6.07 Å². The van der Waals surface area contributed by atoms with Crippen molar-refractivity contribution in [3.05, 3.63) is 75.8 Å². The third-order valence-corrected chi connectivity index (χ3v) is 2.75. The SMILES string of the molecule is CC(C=NNc1ccccc1[N+](=O)[O-])=Cc1ccccc1. The van der Waals surface area contributed by atoms with E-state index in [0.717, 1.165) is 11.1 Å². The summed E-state index contributed by atoms with van der Waals surface area (Å²) in [5, 5.41) is 14.9. The molecule has 0 aliphatic heterocycles. The van der Waals surface area contributed by atoms with Gasteiger partial charge in [-0.1, -0.05) is 48.5 Å². The topological polar surface area (TPSA) is 67.5 Å². The Morgan fingerprint density at radius 2 is 1.81 bits per heavy atom. The smallest absolute Gasteiger partial charge is 0.272 e. The molecule has 2 aromatic carbocycles. The number of rotatable bonds is 5. The van der Waals surface area contributed by atoms with E-state index < -0.39 is 4.92 Å². The molecular weight excluding hydrogens is 266 g/mol. The molecule has 5 nitrogen and oxygen atoms in total. The molecule has 0 bridgehead atoms. The molecule has 0 heterocycles. The zero-order chi connectivity index (χ0) is 15.1. The molecule has 1 N–H and O–H groups in total. The number of hydrogen-bond acceptors (Lipinski definition) is 4. The van der Waals surface area contributed by atoms with Gasteiger partial charge in [-0.2, -0.15) is 5.10 Å². The van der Waals surface area contributed by atoms with Crippen LogP contribution in [0, 0.1) is 10.1 Å². The highest BCUT2D eigenvalue weighted by atomic mass is 16.6. The van der Waals surface area contributed by atoms with Crippen LogP contribution in [-0.4, -0.2) is 11.1 Å². The van der Waals surface area contributed by atoms with E-state index in [0.29, 0.717) is 5.69 Å². The molecule has 0 amide bonds. The summed E-state index contributed by atoms with van der Waals surface area (Å²) in [5.74, 6) is 0. The Kier molecular flexibility index (Phi) is 4.82. The first kappa shape index (κ1) is 14.5. The lowest BCUT2D eigenvalue weighted by Crippen LogP contribution is -1.96. The maximum Gasteiger partial charge on any atom is 0.294 e. The largest absolute Gasteiger partial charge is 0.294 e. The van der Waals surface area contributed by atoms with Crippen LogP contribution < -0.4 is 5.43 Å². The minimum Gasteiger partial charge on any atom is -0.272 e. The van der Waals surface area contributed by atoms with Crippen molar-refractivity contribution in [1.82, 2.24) is 0 Å². The van der Waals surface area contributed by atoms with Crippen LogP contribution in [0.1, 0.15) is 12.5 Å². The van der Waals surface area contributed by atoms with Crippen LogP contribution in [0.2, 0.25) is 0 Å². The Labute approximate surface area is 122 Å². The zero-order valence-corrected chi connectivity index (χ0v) is 11.6. The van der Waals surface area contributed by atoms with Crippen molar-refractivity contribution >= 4 is 23.7 Å². The quantitative estimate of drug-likeness (QED) is 0.509. The van der Waals surface area contributed by atoms with Gasteiger partial charge in [0.2, 0.25) is 0 Å². The number of allylic oxidation sites excluding steroid dienone is 1. The van der Waals surface area contributed by atoms with Crippen LogP contribution >= 0.6 is 0 Å². The summed E-state index contributed by atoms with van der Waals surface area (Å²) in [5.41, 5.74) is 5.08. The fraction of sp³-hybridized carbons (Fsp3) is 0.0625. The van der Waals surface area contributed by atoms with E-state index in [2.05, 4.69) is 10.5 Å². The van der Waals surface area contributed by atoms with Gasteiger partial charge in [0, 0.05) is 6.07 Å².